The van der Waals surface area contributed by atoms with Crippen LogP contribution in [0.15, 0.2) is 22.7 Å². The van der Waals surface area contributed by atoms with Crippen LogP contribution in [0, 0.1) is 0 Å². The van der Waals surface area contributed by atoms with E-state index in [9.17, 15) is 4.79 Å². The first kappa shape index (κ1) is 16.2. The Labute approximate surface area is 137 Å². The predicted octanol–water partition coefficient (Wildman–Crippen LogP) is 1.74. The fourth-order valence-electron chi connectivity index (χ4n) is 2.20. The minimum atomic E-state index is 0.137. The van der Waals surface area contributed by atoms with Crippen LogP contribution in [0.5, 0.6) is 0 Å². The fourth-order valence-corrected chi connectivity index (χ4v) is 3.13. The lowest BCUT2D eigenvalue weighted by atomic mass is 10.1. The number of ether oxygens (including phenoxy) is 1. The Hall–Kier alpha value is -1.18. The normalized spacial score (nSPS) is 14.8. The van der Waals surface area contributed by atoms with Crippen LogP contribution in [0.25, 0.3) is 0 Å². The first-order chi connectivity index (χ1) is 10.1. The van der Waals surface area contributed by atoms with Crippen molar-refractivity contribution < 1.29 is 9.53 Å². The second kappa shape index (κ2) is 7.72. The van der Waals surface area contributed by atoms with Crippen LogP contribution in [0.3, 0.4) is 0 Å². The van der Waals surface area contributed by atoms with Crippen molar-refractivity contribution in [3.8, 4) is 0 Å². The average Bonchev–Trinajstić information content (AvgIpc) is 2.47. The number of hydrogen-bond donors (Lipinski definition) is 2. The summed E-state index contributed by atoms with van der Waals surface area (Å²) >= 11 is 8.49. The summed E-state index contributed by atoms with van der Waals surface area (Å²) in [5.41, 5.74) is 7.35. The van der Waals surface area contributed by atoms with Crippen LogP contribution in [-0.2, 0) is 9.53 Å². The van der Waals surface area contributed by atoms with Crippen molar-refractivity contribution in [3.05, 3.63) is 28.2 Å². The summed E-state index contributed by atoms with van der Waals surface area (Å²) in [6, 6.07) is 5.69. The van der Waals surface area contributed by atoms with Crippen LogP contribution in [0.1, 0.15) is 12.0 Å². The van der Waals surface area contributed by atoms with Crippen LogP contribution >= 0.6 is 28.1 Å². The van der Waals surface area contributed by atoms with Crippen molar-refractivity contribution >= 4 is 44.7 Å². The van der Waals surface area contributed by atoms with E-state index in [1.54, 1.807) is 0 Å². The topological polar surface area (TPSA) is 67.6 Å². The van der Waals surface area contributed by atoms with Gasteiger partial charge >= 0.3 is 0 Å². The Balaban J connectivity index is 1.90. The molecule has 0 aromatic heterocycles. The number of carbonyl (C=O) groups is 1. The highest BCUT2D eigenvalue weighted by atomic mass is 79.9. The number of carbonyl (C=O) groups excluding carboxylic acids is 1. The molecule has 1 heterocycles. The number of anilines is 1. The summed E-state index contributed by atoms with van der Waals surface area (Å²) in [4.78, 5) is 14.2. The first-order valence-electron chi connectivity index (χ1n) is 6.77. The van der Waals surface area contributed by atoms with Gasteiger partial charge in [0.05, 0.1) is 13.2 Å². The number of nitrogens with zero attached hydrogens (tertiary/aromatic N) is 1. The molecule has 1 aliphatic heterocycles. The first-order valence-corrected chi connectivity index (χ1v) is 7.97. The third kappa shape index (κ3) is 4.39. The third-order valence-corrected chi connectivity index (χ3v) is 4.14. The van der Waals surface area contributed by atoms with Gasteiger partial charge in [-0.2, -0.15) is 0 Å². The van der Waals surface area contributed by atoms with Crippen LogP contribution in [0.2, 0.25) is 0 Å². The van der Waals surface area contributed by atoms with E-state index in [0.29, 0.717) is 44.3 Å². The molecular weight excluding hydrogens is 354 g/mol. The zero-order valence-corrected chi connectivity index (χ0v) is 14.0. The van der Waals surface area contributed by atoms with Gasteiger partial charge in [0.25, 0.3) is 0 Å². The van der Waals surface area contributed by atoms with Crippen molar-refractivity contribution in [1.82, 2.24) is 4.90 Å². The summed E-state index contributed by atoms with van der Waals surface area (Å²) in [5, 5.41) is 3.23. The smallest absolute Gasteiger partial charge is 0.224 e. The van der Waals surface area contributed by atoms with Crippen LogP contribution in [0.4, 0.5) is 5.69 Å². The van der Waals surface area contributed by atoms with Gasteiger partial charge in [0.1, 0.15) is 4.99 Å². The lowest BCUT2D eigenvalue weighted by Gasteiger charge is -2.27. The van der Waals surface area contributed by atoms with Gasteiger partial charge in [-0.1, -0.05) is 18.3 Å². The molecule has 1 saturated heterocycles. The summed E-state index contributed by atoms with van der Waals surface area (Å²) < 4.78 is 6.08. The van der Waals surface area contributed by atoms with Gasteiger partial charge in [-0.05, 0) is 28.1 Å². The Morgan fingerprint density at radius 2 is 2.14 bits per heavy atom. The van der Waals surface area contributed by atoms with E-state index >= 15 is 0 Å². The maximum Gasteiger partial charge on any atom is 0.224 e. The number of nitrogens with two attached hydrogens (primary N) is 1. The van der Waals surface area contributed by atoms with Crippen molar-refractivity contribution in [3.63, 3.8) is 0 Å². The zero-order chi connectivity index (χ0) is 15.2. The summed E-state index contributed by atoms with van der Waals surface area (Å²) in [7, 11) is 0. The molecule has 5 nitrogen and oxygen atoms in total. The molecule has 0 saturated carbocycles. The van der Waals surface area contributed by atoms with Gasteiger partial charge < -0.3 is 20.7 Å². The molecule has 21 heavy (non-hydrogen) atoms. The molecule has 0 unspecified atom stereocenters. The predicted molar refractivity (Wildman–Crippen MR) is 90.5 cm³/mol. The molecule has 7 heteroatoms. The molecule has 1 aliphatic rings. The zero-order valence-electron chi connectivity index (χ0n) is 11.6. The Bertz CT molecular complexity index is 533. The molecular formula is C14H18BrN3O2S. The van der Waals surface area contributed by atoms with Crippen molar-refractivity contribution in [2.45, 2.75) is 6.42 Å². The standard InChI is InChI=1S/C14H18BrN3O2S/c15-10-2-1-3-11(13(10)14(16)21)17-5-4-12(19)18-6-8-20-9-7-18/h1-3,17H,4-9H2,(H2,16,21). The largest absolute Gasteiger partial charge is 0.389 e. The molecule has 1 aromatic carbocycles. The molecule has 1 amide bonds. The van der Waals surface area contributed by atoms with Crippen molar-refractivity contribution in [1.29, 1.82) is 0 Å². The number of amides is 1. The fraction of sp³-hybridized carbons (Fsp3) is 0.429. The molecule has 3 N–H and O–H groups in total. The number of halogens is 1. The maximum atomic E-state index is 12.0. The second-order valence-electron chi connectivity index (χ2n) is 4.70. The Kier molecular flexibility index (Phi) is 5.96. The lowest BCUT2D eigenvalue weighted by Crippen LogP contribution is -2.41. The summed E-state index contributed by atoms with van der Waals surface area (Å²) in [5.74, 6) is 0.137. The SMILES string of the molecule is NC(=S)c1c(Br)cccc1NCCC(=O)N1CCOCC1. The highest BCUT2D eigenvalue weighted by Crippen LogP contribution is 2.24. The minimum Gasteiger partial charge on any atom is -0.389 e. The van der Waals surface area contributed by atoms with E-state index in [1.165, 1.54) is 0 Å². The lowest BCUT2D eigenvalue weighted by molar-refractivity contribution is -0.134. The van der Waals surface area contributed by atoms with Crippen LogP contribution in [-0.4, -0.2) is 48.6 Å². The van der Waals surface area contributed by atoms with E-state index in [2.05, 4.69) is 21.2 Å². The molecule has 0 spiro atoms. The molecule has 114 valence electrons. The number of thiocarbonyl (C=S) groups is 1. The van der Waals surface area contributed by atoms with Gasteiger partial charge in [0.2, 0.25) is 5.91 Å². The number of rotatable bonds is 5. The number of hydrogen-bond acceptors (Lipinski definition) is 4. The highest BCUT2D eigenvalue weighted by molar-refractivity contribution is 9.10. The molecule has 0 bridgehead atoms. The molecule has 1 fully saturated rings. The van der Waals surface area contributed by atoms with E-state index in [0.717, 1.165) is 15.7 Å². The molecule has 0 aliphatic carbocycles. The Morgan fingerprint density at radius 3 is 2.81 bits per heavy atom. The maximum absolute atomic E-state index is 12.0. The third-order valence-electron chi connectivity index (χ3n) is 3.28. The molecule has 0 atom stereocenters. The molecule has 2 rings (SSSR count). The highest BCUT2D eigenvalue weighted by Gasteiger charge is 2.16. The number of benzene rings is 1. The van der Waals surface area contributed by atoms with E-state index in [4.69, 9.17) is 22.7 Å². The van der Waals surface area contributed by atoms with E-state index < -0.39 is 0 Å². The van der Waals surface area contributed by atoms with Gasteiger partial charge in [-0.3, -0.25) is 4.79 Å². The van der Waals surface area contributed by atoms with Crippen molar-refractivity contribution in [2.75, 3.05) is 38.2 Å². The Morgan fingerprint density at radius 1 is 1.43 bits per heavy atom. The number of nitrogens with one attached hydrogen (secondary N) is 1. The quantitative estimate of drug-likeness (QED) is 0.771. The van der Waals surface area contributed by atoms with E-state index in [-0.39, 0.29) is 5.91 Å². The minimum absolute atomic E-state index is 0.137. The van der Waals surface area contributed by atoms with Crippen LogP contribution < -0.4 is 11.1 Å². The average molecular weight is 372 g/mol. The van der Waals surface area contributed by atoms with Gasteiger partial charge in [-0.25, -0.2) is 0 Å². The molecule has 0 radical (unpaired) electrons. The van der Waals surface area contributed by atoms with Gasteiger partial charge in [-0.15, -0.1) is 0 Å². The summed E-state index contributed by atoms with van der Waals surface area (Å²) in [6.45, 7) is 3.14. The number of morpholine rings is 1. The molecule has 1 aromatic rings. The second-order valence-corrected chi connectivity index (χ2v) is 5.99. The monoisotopic (exact) mass is 371 g/mol. The van der Waals surface area contributed by atoms with Gasteiger partial charge in [0, 0.05) is 41.8 Å². The van der Waals surface area contributed by atoms with Gasteiger partial charge in [0.15, 0.2) is 0 Å². The summed E-state index contributed by atoms with van der Waals surface area (Å²) in [6.07, 6.45) is 0.434. The van der Waals surface area contributed by atoms with Crippen molar-refractivity contribution in [2.24, 2.45) is 5.73 Å². The van der Waals surface area contributed by atoms with E-state index in [1.807, 2.05) is 23.1 Å².